The van der Waals surface area contributed by atoms with Crippen molar-refractivity contribution < 1.29 is 9.53 Å². The van der Waals surface area contributed by atoms with Gasteiger partial charge in [-0.2, -0.15) is 0 Å². The van der Waals surface area contributed by atoms with Gasteiger partial charge in [0.25, 0.3) is 0 Å². The van der Waals surface area contributed by atoms with Crippen LogP contribution < -0.4 is 5.32 Å². The van der Waals surface area contributed by atoms with Crippen LogP contribution >= 0.6 is 0 Å². The Kier molecular flexibility index (Phi) is 3.05. The normalized spacial score (nSPS) is 19.1. The Morgan fingerprint density at radius 1 is 1.47 bits per heavy atom. The lowest BCUT2D eigenvalue weighted by Crippen LogP contribution is -2.27. The van der Waals surface area contributed by atoms with E-state index in [4.69, 9.17) is 4.74 Å². The van der Waals surface area contributed by atoms with Crippen LogP contribution in [-0.2, 0) is 24.1 Å². The van der Waals surface area contributed by atoms with Crippen molar-refractivity contribution in [1.82, 2.24) is 10.3 Å². The molecule has 0 saturated heterocycles. The second-order valence-corrected chi connectivity index (χ2v) is 5.85. The van der Waals surface area contributed by atoms with Crippen molar-refractivity contribution in [2.45, 2.75) is 51.1 Å². The highest BCUT2D eigenvalue weighted by atomic mass is 16.5. The van der Waals surface area contributed by atoms with Crippen LogP contribution in [0.15, 0.2) is 6.07 Å². The third kappa shape index (κ3) is 2.50. The van der Waals surface area contributed by atoms with Crippen molar-refractivity contribution in [3.63, 3.8) is 0 Å². The minimum atomic E-state index is -0.339. The van der Waals surface area contributed by atoms with Gasteiger partial charge in [0.15, 0.2) is 0 Å². The summed E-state index contributed by atoms with van der Waals surface area (Å²) in [6.07, 6.45) is 5.67. The van der Waals surface area contributed by atoms with Crippen LogP contribution in [0.5, 0.6) is 0 Å². The number of ether oxygens (including phenoxy) is 1. The van der Waals surface area contributed by atoms with E-state index < -0.39 is 0 Å². The number of aryl methyl sites for hydroxylation is 1. The highest BCUT2D eigenvalue weighted by Gasteiger charge is 2.36. The molecule has 3 rings (SSSR count). The lowest BCUT2D eigenvalue weighted by molar-refractivity contribution is 0.0593. The first kappa shape index (κ1) is 12.6. The molecule has 1 fully saturated rings. The van der Waals surface area contributed by atoms with Crippen LogP contribution in [0.1, 0.15) is 53.5 Å². The zero-order valence-corrected chi connectivity index (χ0v) is 11.6. The van der Waals surface area contributed by atoms with E-state index in [2.05, 4.69) is 17.2 Å². The summed E-state index contributed by atoms with van der Waals surface area (Å²) in [6, 6.07) is 1.90. The average Bonchev–Trinajstić information content (AvgIpc) is 2.97. The SMILES string of the molecule is COC(=O)c1cc(CNC2(C)CC2)c2c(n1)CCC2. The second-order valence-electron chi connectivity index (χ2n) is 5.85. The molecule has 0 bridgehead atoms. The first-order chi connectivity index (χ1) is 9.11. The minimum absolute atomic E-state index is 0.306. The van der Waals surface area contributed by atoms with Crippen LogP contribution in [0.3, 0.4) is 0 Å². The van der Waals surface area contributed by atoms with Gasteiger partial charge in [-0.05, 0) is 56.2 Å². The van der Waals surface area contributed by atoms with Crippen LogP contribution in [0.2, 0.25) is 0 Å². The van der Waals surface area contributed by atoms with Crippen molar-refractivity contribution in [2.75, 3.05) is 7.11 Å². The molecule has 19 heavy (non-hydrogen) atoms. The van der Waals surface area contributed by atoms with Crippen molar-refractivity contribution >= 4 is 5.97 Å². The molecule has 2 aliphatic carbocycles. The molecule has 0 spiro atoms. The molecule has 1 aromatic rings. The van der Waals surface area contributed by atoms with E-state index in [0.29, 0.717) is 11.2 Å². The number of nitrogens with one attached hydrogen (secondary N) is 1. The van der Waals surface area contributed by atoms with E-state index in [1.807, 2.05) is 6.07 Å². The molecule has 4 nitrogen and oxygen atoms in total. The molecule has 0 atom stereocenters. The number of rotatable bonds is 4. The summed E-state index contributed by atoms with van der Waals surface area (Å²) in [5.41, 5.74) is 4.39. The Hall–Kier alpha value is -1.42. The number of carbonyl (C=O) groups is 1. The molecule has 0 aliphatic heterocycles. The number of methoxy groups -OCH3 is 1. The Morgan fingerprint density at radius 2 is 2.26 bits per heavy atom. The molecule has 102 valence electrons. The standard InChI is InChI=1S/C15H20N2O2/c1-15(6-7-15)16-9-10-8-13(14(18)19-2)17-12-5-3-4-11(10)12/h8,16H,3-7,9H2,1-2H3. The summed E-state index contributed by atoms with van der Waals surface area (Å²) in [7, 11) is 1.40. The zero-order valence-electron chi connectivity index (χ0n) is 11.6. The van der Waals surface area contributed by atoms with E-state index >= 15 is 0 Å². The molecule has 0 amide bonds. The number of pyridine rings is 1. The third-order valence-electron chi connectivity index (χ3n) is 4.24. The highest BCUT2D eigenvalue weighted by Crippen LogP contribution is 2.35. The van der Waals surface area contributed by atoms with Gasteiger partial charge in [0.05, 0.1) is 7.11 Å². The molecule has 1 saturated carbocycles. The van der Waals surface area contributed by atoms with Crippen molar-refractivity contribution in [3.8, 4) is 0 Å². The Bertz CT molecular complexity index is 521. The fourth-order valence-corrected chi connectivity index (χ4v) is 2.67. The summed E-state index contributed by atoms with van der Waals surface area (Å²) in [5.74, 6) is -0.339. The topological polar surface area (TPSA) is 51.2 Å². The fourth-order valence-electron chi connectivity index (χ4n) is 2.67. The van der Waals surface area contributed by atoms with Crippen molar-refractivity contribution in [1.29, 1.82) is 0 Å². The number of fused-ring (bicyclic) bond motifs is 1. The second kappa shape index (κ2) is 4.60. The average molecular weight is 260 g/mol. The predicted octanol–water partition coefficient (Wildman–Crippen LogP) is 2.00. The van der Waals surface area contributed by atoms with Gasteiger partial charge in [-0.15, -0.1) is 0 Å². The summed E-state index contributed by atoms with van der Waals surface area (Å²) in [6.45, 7) is 3.07. The van der Waals surface area contributed by atoms with Gasteiger partial charge in [-0.3, -0.25) is 0 Å². The number of esters is 1. The zero-order chi connectivity index (χ0) is 13.5. The summed E-state index contributed by atoms with van der Waals surface area (Å²) >= 11 is 0. The predicted molar refractivity (Wildman–Crippen MR) is 72.1 cm³/mol. The van der Waals surface area contributed by atoms with E-state index in [-0.39, 0.29) is 5.97 Å². The van der Waals surface area contributed by atoms with Gasteiger partial charge in [0.2, 0.25) is 0 Å². The number of hydrogen-bond acceptors (Lipinski definition) is 4. The summed E-state index contributed by atoms with van der Waals surface area (Å²) in [4.78, 5) is 16.1. The molecule has 4 heteroatoms. The smallest absolute Gasteiger partial charge is 0.356 e. The van der Waals surface area contributed by atoms with Crippen molar-refractivity contribution in [2.24, 2.45) is 0 Å². The minimum Gasteiger partial charge on any atom is -0.464 e. The Balaban J connectivity index is 1.87. The van der Waals surface area contributed by atoms with Crippen molar-refractivity contribution in [3.05, 3.63) is 28.6 Å². The summed E-state index contributed by atoms with van der Waals surface area (Å²) in [5, 5.41) is 3.58. The van der Waals surface area contributed by atoms with Crippen LogP contribution in [0.4, 0.5) is 0 Å². The van der Waals surface area contributed by atoms with Gasteiger partial charge in [-0.1, -0.05) is 0 Å². The maximum atomic E-state index is 11.7. The lowest BCUT2D eigenvalue weighted by Gasteiger charge is -2.15. The Morgan fingerprint density at radius 3 is 2.95 bits per heavy atom. The molecule has 0 radical (unpaired) electrons. The molecule has 0 aromatic carbocycles. The molecule has 1 aromatic heterocycles. The quantitative estimate of drug-likeness (QED) is 0.841. The monoisotopic (exact) mass is 260 g/mol. The first-order valence-corrected chi connectivity index (χ1v) is 6.96. The number of nitrogens with zero attached hydrogens (tertiary/aromatic N) is 1. The maximum absolute atomic E-state index is 11.7. The van der Waals surface area contributed by atoms with Gasteiger partial charge in [-0.25, -0.2) is 9.78 Å². The van der Waals surface area contributed by atoms with E-state index in [0.717, 1.165) is 31.5 Å². The van der Waals surface area contributed by atoms with Gasteiger partial charge >= 0.3 is 5.97 Å². The third-order valence-corrected chi connectivity index (χ3v) is 4.24. The molecular formula is C15H20N2O2. The maximum Gasteiger partial charge on any atom is 0.356 e. The van der Waals surface area contributed by atoms with E-state index in [9.17, 15) is 4.79 Å². The lowest BCUT2D eigenvalue weighted by atomic mass is 10.1. The Labute approximate surface area is 113 Å². The van der Waals surface area contributed by atoms with E-state index in [1.54, 1.807) is 0 Å². The molecule has 1 heterocycles. The fraction of sp³-hybridized carbons (Fsp3) is 0.600. The molecule has 2 aliphatic rings. The van der Waals surface area contributed by atoms with Crippen LogP contribution in [0, 0.1) is 0 Å². The van der Waals surface area contributed by atoms with Gasteiger partial charge in [0.1, 0.15) is 5.69 Å². The number of carbonyl (C=O) groups excluding carboxylic acids is 1. The first-order valence-electron chi connectivity index (χ1n) is 6.96. The number of hydrogen-bond donors (Lipinski definition) is 1. The summed E-state index contributed by atoms with van der Waals surface area (Å²) < 4.78 is 4.79. The van der Waals surface area contributed by atoms with Crippen LogP contribution in [0.25, 0.3) is 0 Å². The van der Waals surface area contributed by atoms with Gasteiger partial charge < -0.3 is 10.1 Å². The van der Waals surface area contributed by atoms with Crippen LogP contribution in [-0.4, -0.2) is 23.6 Å². The number of aromatic nitrogens is 1. The molecular weight excluding hydrogens is 240 g/mol. The molecule has 0 unspecified atom stereocenters. The highest BCUT2D eigenvalue weighted by molar-refractivity contribution is 5.87. The molecule has 1 N–H and O–H groups in total. The van der Waals surface area contributed by atoms with Gasteiger partial charge in [0, 0.05) is 17.8 Å². The van der Waals surface area contributed by atoms with E-state index in [1.165, 1.54) is 31.1 Å². The largest absolute Gasteiger partial charge is 0.464 e.